The van der Waals surface area contributed by atoms with Crippen LogP contribution in [0, 0.1) is 16.7 Å². The second kappa shape index (κ2) is 1.48. The molecule has 1 aliphatic heterocycles. The van der Waals surface area contributed by atoms with Gasteiger partial charge in [0, 0.05) is 12.0 Å². The second-order valence-electron chi connectivity index (χ2n) is 2.99. The Kier molecular flexibility index (Phi) is 0.866. The fraction of sp³-hybridized carbons (Fsp3) is 0.857. The van der Waals surface area contributed by atoms with Crippen molar-refractivity contribution in [2.75, 3.05) is 6.61 Å². The van der Waals surface area contributed by atoms with Crippen LogP contribution in [0.5, 0.6) is 0 Å². The SMILES string of the molecule is N#CC1OCCC12CC2. The van der Waals surface area contributed by atoms with Crippen LogP contribution in [0.3, 0.4) is 0 Å². The quantitative estimate of drug-likeness (QED) is 0.483. The van der Waals surface area contributed by atoms with Gasteiger partial charge in [-0.25, -0.2) is 0 Å². The Morgan fingerprint density at radius 1 is 1.44 bits per heavy atom. The first kappa shape index (κ1) is 5.25. The largest absolute Gasteiger partial charge is 0.363 e. The topological polar surface area (TPSA) is 33.0 Å². The molecule has 0 amide bonds. The van der Waals surface area contributed by atoms with E-state index in [1.54, 1.807) is 0 Å². The third kappa shape index (κ3) is 0.585. The van der Waals surface area contributed by atoms with Gasteiger partial charge in [0.2, 0.25) is 0 Å². The van der Waals surface area contributed by atoms with Crippen LogP contribution >= 0.6 is 0 Å². The Morgan fingerprint density at radius 3 is 2.67 bits per heavy atom. The highest BCUT2D eigenvalue weighted by Crippen LogP contribution is 2.55. The predicted octanol–water partition coefficient (Wildman–Crippen LogP) is 1.08. The van der Waals surface area contributed by atoms with E-state index >= 15 is 0 Å². The molecule has 2 aliphatic rings. The third-order valence-corrected chi connectivity index (χ3v) is 2.45. The molecule has 0 aromatic carbocycles. The van der Waals surface area contributed by atoms with Crippen LogP contribution in [0.4, 0.5) is 0 Å². The zero-order chi connectivity index (χ0) is 6.32. The molecule has 1 atom stereocenters. The van der Waals surface area contributed by atoms with E-state index in [0.29, 0.717) is 5.41 Å². The highest BCUT2D eigenvalue weighted by molar-refractivity contribution is 5.10. The standard InChI is InChI=1S/C7H9NO/c8-5-6-7(1-2-7)3-4-9-6/h6H,1-4H2. The number of ether oxygens (including phenoxy) is 1. The molecule has 0 aromatic heterocycles. The van der Waals surface area contributed by atoms with Crippen molar-refractivity contribution in [2.45, 2.75) is 25.4 Å². The molecule has 2 fully saturated rings. The molecule has 0 radical (unpaired) electrons. The smallest absolute Gasteiger partial charge is 0.149 e. The molecular weight excluding hydrogens is 114 g/mol. The molecule has 1 unspecified atom stereocenters. The molecule has 0 bridgehead atoms. The van der Waals surface area contributed by atoms with E-state index in [9.17, 15) is 0 Å². The molecule has 2 nitrogen and oxygen atoms in total. The van der Waals surface area contributed by atoms with E-state index < -0.39 is 0 Å². The Hall–Kier alpha value is -0.550. The van der Waals surface area contributed by atoms with Gasteiger partial charge in [0.05, 0.1) is 6.07 Å². The Labute approximate surface area is 54.4 Å². The molecule has 1 heterocycles. The number of nitriles is 1. The number of rotatable bonds is 0. The summed E-state index contributed by atoms with van der Waals surface area (Å²) in [7, 11) is 0. The minimum absolute atomic E-state index is 0.0718. The van der Waals surface area contributed by atoms with Crippen molar-refractivity contribution in [3.8, 4) is 6.07 Å². The average molecular weight is 123 g/mol. The third-order valence-electron chi connectivity index (χ3n) is 2.45. The molecule has 1 spiro atoms. The summed E-state index contributed by atoms with van der Waals surface area (Å²) in [4.78, 5) is 0. The van der Waals surface area contributed by atoms with Gasteiger partial charge in [-0.1, -0.05) is 0 Å². The van der Waals surface area contributed by atoms with Gasteiger partial charge in [-0.15, -0.1) is 0 Å². The minimum Gasteiger partial charge on any atom is -0.363 e. The van der Waals surface area contributed by atoms with E-state index in [1.807, 2.05) is 0 Å². The van der Waals surface area contributed by atoms with Crippen LogP contribution in [0.15, 0.2) is 0 Å². The summed E-state index contributed by atoms with van der Waals surface area (Å²) in [5.41, 5.74) is 0.328. The molecule has 48 valence electrons. The first-order valence-electron chi connectivity index (χ1n) is 3.39. The molecule has 1 saturated heterocycles. The highest BCUT2D eigenvalue weighted by atomic mass is 16.5. The summed E-state index contributed by atoms with van der Waals surface area (Å²) in [6.07, 6.45) is 3.47. The maximum Gasteiger partial charge on any atom is 0.149 e. The Morgan fingerprint density at radius 2 is 2.22 bits per heavy atom. The summed E-state index contributed by atoms with van der Waals surface area (Å²) >= 11 is 0. The van der Waals surface area contributed by atoms with Gasteiger partial charge in [-0.2, -0.15) is 5.26 Å². The normalized spacial score (nSPS) is 36.6. The van der Waals surface area contributed by atoms with Crippen molar-refractivity contribution in [1.29, 1.82) is 5.26 Å². The van der Waals surface area contributed by atoms with E-state index in [2.05, 4.69) is 6.07 Å². The molecule has 1 saturated carbocycles. The second-order valence-corrected chi connectivity index (χ2v) is 2.99. The van der Waals surface area contributed by atoms with E-state index in [-0.39, 0.29) is 6.10 Å². The zero-order valence-corrected chi connectivity index (χ0v) is 5.26. The van der Waals surface area contributed by atoms with E-state index in [0.717, 1.165) is 13.0 Å². The van der Waals surface area contributed by atoms with Gasteiger partial charge in [0.1, 0.15) is 6.10 Å². The van der Waals surface area contributed by atoms with Crippen molar-refractivity contribution in [3.63, 3.8) is 0 Å². The lowest BCUT2D eigenvalue weighted by molar-refractivity contribution is 0.128. The molecule has 1 aliphatic carbocycles. The molecule has 0 N–H and O–H groups in total. The number of hydrogen-bond donors (Lipinski definition) is 0. The van der Waals surface area contributed by atoms with Crippen molar-refractivity contribution < 1.29 is 4.74 Å². The number of hydrogen-bond acceptors (Lipinski definition) is 2. The van der Waals surface area contributed by atoms with Gasteiger partial charge in [0.25, 0.3) is 0 Å². The van der Waals surface area contributed by atoms with Crippen molar-refractivity contribution in [3.05, 3.63) is 0 Å². The van der Waals surface area contributed by atoms with Crippen LogP contribution in [-0.4, -0.2) is 12.7 Å². The fourth-order valence-electron chi connectivity index (χ4n) is 1.53. The van der Waals surface area contributed by atoms with Gasteiger partial charge in [-0.05, 0) is 19.3 Å². The molecule has 2 heteroatoms. The van der Waals surface area contributed by atoms with Crippen LogP contribution in [0.1, 0.15) is 19.3 Å². The lowest BCUT2D eigenvalue weighted by Gasteiger charge is -2.05. The summed E-state index contributed by atoms with van der Waals surface area (Å²) in [6, 6.07) is 2.19. The van der Waals surface area contributed by atoms with E-state index in [4.69, 9.17) is 10.00 Å². The summed E-state index contributed by atoms with van der Waals surface area (Å²) in [5.74, 6) is 0. The molecule has 0 aromatic rings. The van der Waals surface area contributed by atoms with Crippen LogP contribution < -0.4 is 0 Å². The van der Waals surface area contributed by atoms with Crippen LogP contribution in [-0.2, 0) is 4.74 Å². The first-order chi connectivity index (χ1) is 4.37. The first-order valence-corrected chi connectivity index (χ1v) is 3.39. The van der Waals surface area contributed by atoms with Crippen molar-refractivity contribution >= 4 is 0 Å². The monoisotopic (exact) mass is 123 g/mol. The van der Waals surface area contributed by atoms with Gasteiger partial charge < -0.3 is 4.74 Å². The fourth-order valence-corrected chi connectivity index (χ4v) is 1.53. The Bertz CT molecular complexity index is 166. The average Bonchev–Trinajstić information content (AvgIpc) is 2.45. The lowest BCUT2D eigenvalue weighted by Crippen LogP contribution is -2.13. The van der Waals surface area contributed by atoms with Crippen LogP contribution in [0.2, 0.25) is 0 Å². The summed E-state index contributed by atoms with van der Waals surface area (Å²) in [6.45, 7) is 0.804. The highest BCUT2D eigenvalue weighted by Gasteiger charge is 2.53. The van der Waals surface area contributed by atoms with Gasteiger partial charge >= 0.3 is 0 Å². The summed E-state index contributed by atoms with van der Waals surface area (Å²) < 4.78 is 5.22. The lowest BCUT2D eigenvalue weighted by atomic mass is 10.00. The summed E-state index contributed by atoms with van der Waals surface area (Å²) in [5, 5.41) is 8.57. The molecular formula is C7H9NO. The van der Waals surface area contributed by atoms with Gasteiger partial charge in [-0.3, -0.25) is 0 Å². The van der Waals surface area contributed by atoms with Crippen LogP contribution in [0.25, 0.3) is 0 Å². The van der Waals surface area contributed by atoms with Crippen molar-refractivity contribution in [1.82, 2.24) is 0 Å². The minimum atomic E-state index is -0.0718. The maximum atomic E-state index is 8.57. The van der Waals surface area contributed by atoms with Gasteiger partial charge in [0.15, 0.2) is 0 Å². The predicted molar refractivity (Wildman–Crippen MR) is 31.6 cm³/mol. The maximum absolute atomic E-state index is 8.57. The molecule has 2 rings (SSSR count). The zero-order valence-electron chi connectivity index (χ0n) is 5.26. The molecule has 9 heavy (non-hydrogen) atoms. The Balaban J connectivity index is 2.16. The number of nitrogens with zero attached hydrogens (tertiary/aromatic N) is 1. The van der Waals surface area contributed by atoms with E-state index in [1.165, 1.54) is 12.8 Å². The van der Waals surface area contributed by atoms with Crippen molar-refractivity contribution in [2.24, 2.45) is 5.41 Å².